The quantitative estimate of drug-likeness (QED) is 0.435. The number of hydrogen-bond acceptors (Lipinski definition) is 3. The first-order valence-corrected chi connectivity index (χ1v) is 10.9. The minimum absolute atomic E-state index is 0.132. The van der Waals surface area contributed by atoms with E-state index in [1.165, 1.54) is 4.68 Å². The maximum Gasteiger partial charge on any atom is 0.254 e. The Morgan fingerprint density at radius 2 is 1.85 bits per heavy atom. The van der Waals surface area contributed by atoms with Crippen LogP contribution in [-0.2, 0) is 13.5 Å². The molecule has 0 spiro atoms. The van der Waals surface area contributed by atoms with Gasteiger partial charge in [0.15, 0.2) is 17.5 Å². The van der Waals surface area contributed by atoms with Crippen molar-refractivity contribution >= 4 is 5.91 Å². The van der Waals surface area contributed by atoms with E-state index in [9.17, 15) is 18.0 Å². The van der Waals surface area contributed by atoms with Crippen molar-refractivity contribution in [1.82, 2.24) is 24.9 Å². The molecule has 0 saturated carbocycles. The first-order chi connectivity index (χ1) is 16.3. The van der Waals surface area contributed by atoms with Gasteiger partial charge in [-0.05, 0) is 50.1 Å². The molecule has 2 aromatic carbocycles. The molecule has 34 heavy (non-hydrogen) atoms. The van der Waals surface area contributed by atoms with Crippen LogP contribution in [0.1, 0.15) is 40.3 Å². The lowest BCUT2D eigenvalue weighted by Gasteiger charge is -2.33. The van der Waals surface area contributed by atoms with Gasteiger partial charge in [-0.2, -0.15) is 10.2 Å². The van der Waals surface area contributed by atoms with E-state index < -0.39 is 17.5 Å². The molecule has 1 N–H and O–H groups in total. The van der Waals surface area contributed by atoms with Gasteiger partial charge in [0.2, 0.25) is 0 Å². The highest BCUT2D eigenvalue weighted by Crippen LogP contribution is 2.37. The molecule has 1 aliphatic heterocycles. The summed E-state index contributed by atoms with van der Waals surface area (Å²) in [6.07, 6.45) is 2.18. The third-order valence-corrected chi connectivity index (χ3v) is 6.41. The molecule has 2 aromatic heterocycles. The van der Waals surface area contributed by atoms with E-state index in [-0.39, 0.29) is 17.5 Å². The van der Waals surface area contributed by atoms with Crippen LogP contribution in [0.4, 0.5) is 13.2 Å². The number of H-pyrrole nitrogens is 1. The Morgan fingerprint density at radius 1 is 1.12 bits per heavy atom. The minimum Gasteiger partial charge on any atom is -0.330 e. The summed E-state index contributed by atoms with van der Waals surface area (Å²) >= 11 is 0. The zero-order valence-corrected chi connectivity index (χ0v) is 18.9. The molecule has 1 atom stereocenters. The Balaban J connectivity index is 1.48. The molecule has 0 radical (unpaired) electrons. The van der Waals surface area contributed by atoms with Gasteiger partial charge < -0.3 is 4.90 Å². The average molecular weight is 465 g/mol. The molecule has 3 heterocycles. The van der Waals surface area contributed by atoms with Crippen LogP contribution >= 0.6 is 0 Å². The Labute approximate surface area is 194 Å². The van der Waals surface area contributed by atoms with Gasteiger partial charge >= 0.3 is 0 Å². The number of hydrogen-bond donors (Lipinski definition) is 1. The highest BCUT2D eigenvalue weighted by molar-refractivity contribution is 5.96. The number of halogens is 3. The highest BCUT2D eigenvalue weighted by Gasteiger charge is 2.33. The second-order valence-corrected chi connectivity index (χ2v) is 8.50. The van der Waals surface area contributed by atoms with Gasteiger partial charge in [-0.3, -0.25) is 14.6 Å². The Morgan fingerprint density at radius 3 is 2.53 bits per heavy atom. The summed E-state index contributed by atoms with van der Waals surface area (Å²) in [5.74, 6) is -4.14. The molecule has 6 nitrogen and oxygen atoms in total. The minimum atomic E-state index is -1.50. The molecule has 0 fully saturated rings. The number of benzene rings is 2. The molecule has 1 amide bonds. The summed E-state index contributed by atoms with van der Waals surface area (Å²) in [5.41, 5.74) is 5.46. The fourth-order valence-corrected chi connectivity index (χ4v) is 4.70. The van der Waals surface area contributed by atoms with E-state index in [1.807, 2.05) is 32.0 Å². The molecular weight excluding hydrogens is 443 g/mol. The van der Waals surface area contributed by atoms with Gasteiger partial charge in [0.1, 0.15) is 0 Å². The van der Waals surface area contributed by atoms with E-state index >= 15 is 0 Å². The monoisotopic (exact) mass is 465 g/mol. The van der Waals surface area contributed by atoms with Crippen LogP contribution in [0, 0.1) is 24.4 Å². The molecule has 9 heteroatoms. The summed E-state index contributed by atoms with van der Waals surface area (Å²) in [4.78, 5) is 15.2. The number of rotatable bonds is 3. The topological polar surface area (TPSA) is 66.8 Å². The number of nitrogens with one attached hydrogen (secondary N) is 1. The first kappa shape index (κ1) is 21.9. The van der Waals surface area contributed by atoms with Crippen LogP contribution in [0.15, 0.2) is 42.6 Å². The lowest BCUT2D eigenvalue weighted by Crippen LogP contribution is -2.38. The lowest BCUT2D eigenvalue weighted by atomic mass is 9.94. The van der Waals surface area contributed by atoms with Crippen molar-refractivity contribution in [3.8, 4) is 22.4 Å². The molecule has 0 saturated heterocycles. The van der Waals surface area contributed by atoms with E-state index in [1.54, 1.807) is 24.2 Å². The van der Waals surface area contributed by atoms with E-state index in [0.717, 1.165) is 34.5 Å². The van der Waals surface area contributed by atoms with Crippen molar-refractivity contribution in [2.24, 2.45) is 7.05 Å². The predicted molar refractivity (Wildman–Crippen MR) is 120 cm³/mol. The third-order valence-electron chi connectivity index (χ3n) is 6.41. The molecule has 0 bridgehead atoms. The zero-order valence-electron chi connectivity index (χ0n) is 18.9. The summed E-state index contributed by atoms with van der Waals surface area (Å²) in [7, 11) is 1.67. The van der Waals surface area contributed by atoms with Gasteiger partial charge in [0, 0.05) is 41.5 Å². The maximum absolute atomic E-state index is 13.9. The van der Waals surface area contributed by atoms with Crippen LogP contribution in [0.5, 0.6) is 0 Å². The standard InChI is InChI=1S/C25H22F3N5O/c1-13-19(12-29-30-13)15-5-4-6-16(9-15)25(34)33-8-7-18-23(14(33)2)31-32(3)24(18)17-10-20(26)22(28)21(27)11-17/h4-6,9-12,14H,7-8H2,1-3H3,(H,29,30)/t14-/m0/s1. The molecule has 4 aromatic rings. The molecule has 0 aliphatic carbocycles. The number of nitrogens with zero attached hydrogens (tertiary/aromatic N) is 4. The van der Waals surface area contributed by atoms with Crippen molar-refractivity contribution in [1.29, 1.82) is 0 Å². The van der Waals surface area contributed by atoms with Crippen LogP contribution in [0.2, 0.25) is 0 Å². The molecule has 0 unspecified atom stereocenters. The Bertz CT molecular complexity index is 1400. The predicted octanol–water partition coefficient (Wildman–Crippen LogP) is 4.96. The van der Waals surface area contributed by atoms with Gasteiger partial charge in [0.05, 0.1) is 23.6 Å². The van der Waals surface area contributed by atoms with Gasteiger partial charge in [-0.1, -0.05) is 12.1 Å². The van der Waals surface area contributed by atoms with Gasteiger partial charge in [-0.25, -0.2) is 13.2 Å². The number of aromatic amines is 1. The summed E-state index contributed by atoms with van der Waals surface area (Å²) in [5, 5.41) is 11.5. The number of carbonyl (C=O) groups is 1. The summed E-state index contributed by atoms with van der Waals surface area (Å²) in [6.45, 7) is 4.21. The third kappa shape index (κ3) is 3.48. The Kier molecular flexibility index (Phi) is 5.27. The largest absolute Gasteiger partial charge is 0.330 e. The zero-order chi connectivity index (χ0) is 24.1. The molecule has 174 valence electrons. The Hall–Kier alpha value is -3.88. The molecular formula is C25H22F3N5O. The van der Waals surface area contributed by atoms with Crippen LogP contribution < -0.4 is 0 Å². The summed E-state index contributed by atoms with van der Waals surface area (Å²) in [6, 6.07) is 8.98. The number of carbonyl (C=O) groups excluding carboxylic acids is 1. The van der Waals surface area contributed by atoms with Crippen molar-refractivity contribution in [3.05, 3.63) is 82.6 Å². The SMILES string of the molecule is Cc1[nH]ncc1-c1cccc(C(=O)N2CCc3c(nn(C)c3-c3cc(F)c(F)c(F)c3)[C@@H]2C)c1. The van der Waals surface area contributed by atoms with E-state index in [2.05, 4.69) is 15.3 Å². The van der Waals surface area contributed by atoms with Crippen LogP contribution in [-0.4, -0.2) is 37.3 Å². The normalized spacial score (nSPS) is 15.5. The molecule has 1 aliphatic rings. The first-order valence-electron chi connectivity index (χ1n) is 10.9. The van der Waals surface area contributed by atoms with Gasteiger partial charge in [0.25, 0.3) is 5.91 Å². The van der Waals surface area contributed by atoms with E-state index in [4.69, 9.17) is 0 Å². The van der Waals surface area contributed by atoms with Crippen molar-refractivity contribution < 1.29 is 18.0 Å². The van der Waals surface area contributed by atoms with Crippen molar-refractivity contribution in [3.63, 3.8) is 0 Å². The molecule has 5 rings (SSSR count). The van der Waals surface area contributed by atoms with Crippen molar-refractivity contribution in [2.45, 2.75) is 26.3 Å². The van der Waals surface area contributed by atoms with Crippen LogP contribution in [0.25, 0.3) is 22.4 Å². The maximum atomic E-state index is 13.9. The number of amides is 1. The smallest absolute Gasteiger partial charge is 0.254 e. The number of aromatic nitrogens is 4. The second kappa shape index (κ2) is 8.16. The summed E-state index contributed by atoms with van der Waals surface area (Å²) < 4.78 is 42.8. The average Bonchev–Trinajstić information content (AvgIpc) is 3.40. The fourth-order valence-electron chi connectivity index (χ4n) is 4.70. The number of fused-ring (bicyclic) bond motifs is 1. The van der Waals surface area contributed by atoms with E-state index in [0.29, 0.717) is 29.9 Å². The van der Waals surface area contributed by atoms with Crippen LogP contribution in [0.3, 0.4) is 0 Å². The fraction of sp³-hybridized carbons (Fsp3) is 0.240. The number of aryl methyl sites for hydroxylation is 2. The lowest BCUT2D eigenvalue weighted by molar-refractivity contribution is 0.0673. The van der Waals surface area contributed by atoms with Crippen molar-refractivity contribution in [2.75, 3.05) is 6.54 Å². The second-order valence-electron chi connectivity index (χ2n) is 8.50. The highest BCUT2D eigenvalue weighted by atomic mass is 19.2. The van der Waals surface area contributed by atoms with Gasteiger partial charge in [-0.15, -0.1) is 0 Å².